The molecule has 2 heterocycles. The summed E-state index contributed by atoms with van der Waals surface area (Å²) in [5.41, 5.74) is 4.97. The second-order valence-electron chi connectivity index (χ2n) is 8.60. The highest BCUT2D eigenvalue weighted by Gasteiger charge is 2.41. The molecular weight excluding hydrogens is 380 g/mol. The van der Waals surface area contributed by atoms with Gasteiger partial charge in [0.25, 0.3) is 0 Å². The van der Waals surface area contributed by atoms with Crippen LogP contribution in [-0.2, 0) is 15.9 Å². The minimum Gasteiger partial charge on any atom is -0.493 e. The van der Waals surface area contributed by atoms with Crippen molar-refractivity contribution in [2.24, 2.45) is 23.5 Å². The standard InChI is InChI=1S/C24H38N2O4/c1-14(2)9-17-13-26-8-7-16-10-21(28-5)22(29-6)11-18(16)19(26)12-20(17)30-24(27)23(25)15(3)4/h10-11,14-15,17,19-20,23H,7-9,12-13,25H2,1-6H3/t17?,19?,20?,23-/m0/s1/i5D3,7D2,8D2,10D,11D,19D. The number of ether oxygens (including phenoxy) is 3. The third kappa shape index (κ3) is 4.75. The van der Waals surface area contributed by atoms with Crippen LogP contribution in [0, 0.1) is 17.8 Å². The number of esters is 1. The number of rotatable bonds is 7. The first-order chi connectivity index (χ1) is 18.1. The van der Waals surface area contributed by atoms with Gasteiger partial charge in [-0.3, -0.25) is 9.69 Å². The second-order valence-corrected chi connectivity index (χ2v) is 8.60. The molecule has 6 heteroatoms. The fraction of sp³-hybridized carbons (Fsp3) is 0.708. The molecule has 2 aliphatic rings. The highest BCUT2D eigenvalue weighted by Crippen LogP contribution is 2.44. The van der Waals surface area contributed by atoms with Crippen molar-refractivity contribution < 1.29 is 32.7 Å². The Morgan fingerprint density at radius 3 is 2.73 bits per heavy atom. The molecule has 1 saturated heterocycles. The van der Waals surface area contributed by atoms with Crippen LogP contribution >= 0.6 is 0 Å². The molecule has 0 radical (unpaired) electrons. The molecule has 1 aromatic rings. The van der Waals surface area contributed by atoms with Crippen LogP contribution in [-0.4, -0.2) is 50.2 Å². The average molecular weight is 429 g/mol. The van der Waals surface area contributed by atoms with Crippen LogP contribution in [0.4, 0.5) is 0 Å². The zero-order chi connectivity index (χ0) is 30.7. The van der Waals surface area contributed by atoms with Crippen molar-refractivity contribution >= 4 is 5.97 Å². The first-order valence-electron chi connectivity index (χ1n) is 15.3. The molecular formula is C24H38N2O4. The number of benzene rings is 1. The smallest absolute Gasteiger partial charge is 0.323 e. The van der Waals surface area contributed by atoms with E-state index in [0.717, 1.165) is 12.0 Å². The predicted octanol–water partition coefficient (Wildman–Crippen LogP) is 3.56. The molecule has 2 N–H and O–H groups in total. The lowest BCUT2D eigenvalue weighted by atomic mass is 9.79. The SMILES string of the molecule is [2H]c1c(OC)c(OC([2H])([2H])[2H])c([2H])c2c1C1([2H])CC(OC(=O)[C@@H](N)C(C)C)C(CC(C)C)CN1C([2H])([2H])C2([2H])[2H]. The van der Waals surface area contributed by atoms with Gasteiger partial charge < -0.3 is 19.9 Å². The Bertz CT molecular complexity index is 1140. The van der Waals surface area contributed by atoms with E-state index in [0.29, 0.717) is 6.42 Å². The number of nitrogens with zero attached hydrogens (tertiary/aromatic N) is 1. The molecule has 30 heavy (non-hydrogen) atoms. The summed E-state index contributed by atoms with van der Waals surface area (Å²) in [4.78, 5) is 13.9. The quantitative estimate of drug-likeness (QED) is 0.670. The normalized spacial score (nSPS) is 36.0. The Morgan fingerprint density at radius 1 is 1.37 bits per heavy atom. The van der Waals surface area contributed by atoms with Crippen LogP contribution in [0.25, 0.3) is 0 Å². The van der Waals surface area contributed by atoms with E-state index in [9.17, 15) is 6.17 Å². The van der Waals surface area contributed by atoms with Crippen LogP contribution in [0.1, 0.15) is 71.4 Å². The van der Waals surface area contributed by atoms with E-state index in [2.05, 4.69) is 0 Å². The lowest BCUT2D eigenvalue weighted by Gasteiger charge is -2.47. The number of hydrogen-bond acceptors (Lipinski definition) is 6. The first kappa shape index (κ1) is 12.9. The van der Waals surface area contributed by atoms with Gasteiger partial charge in [-0.2, -0.15) is 0 Å². The molecule has 3 rings (SSSR count). The van der Waals surface area contributed by atoms with E-state index in [1.807, 2.05) is 13.8 Å². The average Bonchev–Trinajstić information content (AvgIpc) is 2.79. The first-order valence-corrected chi connectivity index (χ1v) is 10.3. The Morgan fingerprint density at radius 2 is 2.10 bits per heavy atom. The molecule has 3 unspecified atom stereocenters. The summed E-state index contributed by atoms with van der Waals surface area (Å²) < 4.78 is 101. The van der Waals surface area contributed by atoms with Gasteiger partial charge in [-0.25, -0.2) is 0 Å². The Balaban J connectivity index is 2.31. The zero-order valence-corrected chi connectivity index (χ0v) is 18.2. The molecule has 168 valence electrons. The summed E-state index contributed by atoms with van der Waals surface area (Å²) in [6.45, 7) is 4.32. The summed E-state index contributed by atoms with van der Waals surface area (Å²) in [6.07, 6.45) is -3.78. The van der Waals surface area contributed by atoms with Gasteiger partial charge >= 0.3 is 5.97 Å². The second kappa shape index (κ2) is 9.56. The van der Waals surface area contributed by atoms with Gasteiger partial charge in [-0.05, 0) is 47.8 Å². The monoisotopic (exact) mass is 428 g/mol. The van der Waals surface area contributed by atoms with E-state index in [4.69, 9.17) is 32.3 Å². The molecule has 2 aliphatic heterocycles. The summed E-state index contributed by atoms with van der Waals surface area (Å²) in [7, 11) is -1.97. The van der Waals surface area contributed by atoms with Crippen molar-refractivity contribution in [1.82, 2.24) is 4.90 Å². The maximum absolute atomic E-state index is 12.9. The molecule has 0 saturated carbocycles. The van der Waals surface area contributed by atoms with Gasteiger partial charge in [-0.15, -0.1) is 0 Å². The Kier molecular flexibility index (Phi) is 4.12. The maximum Gasteiger partial charge on any atom is 0.323 e. The third-order valence-electron chi connectivity index (χ3n) is 5.54. The van der Waals surface area contributed by atoms with Gasteiger partial charge in [0.2, 0.25) is 0 Å². The van der Waals surface area contributed by atoms with Gasteiger partial charge in [-0.1, -0.05) is 27.7 Å². The van der Waals surface area contributed by atoms with Crippen molar-refractivity contribution in [3.05, 3.63) is 23.2 Å². The number of fused-ring (bicyclic) bond motifs is 3. The fourth-order valence-electron chi connectivity index (χ4n) is 3.86. The maximum atomic E-state index is 12.9. The topological polar surface area (TPSA) is 74.0 Å². The zero-order valence-electron chi connectivity index (χ0n) is 28.2. The van der Waals surface area contributed by atoms with Crippen LogP contribution in [0.2, 0.25) is 0 Å². The predicted molar refractivity (Wildman–Crippen MR) is 118 cm³/mol. The summed E-state index contributed by atoms with van der Waals surface area (Å²) in [5.74, 6) is -2.56. The van der Waals surface area contributed by atoms with Gasteiger partial charge in [0, 0.05) is 36.9 Å². The van der Waals surface area contributed by atoms with Gasteiger partial charge in [0.1, 0.15) is 12.1 Å². The number of piperidine rings is 1. The molecule has 1 fully saturated rings. The highest BCUT2D eigenvalue weighted by atomic mass is 16.5. The number of carbonyl (C=O) groups is 1. The Labute approximate surface area is 195 Å². The number of hydrogen-bond donors (Lipinski definition) is 1. The summed E-state index contributed by atoms with van der Waals surface area (Å²) >= 11 is 0. The fourth-order valence-corrected chi connectivity index (χ4v) is 3.86. The number of carbonyl (C=O) groups excluding carboxylic acids is 1. The minimum absolute atomic E-state index is 0.0918. The molecule has 0 bridgehead atoms. The molecule has 0 amide bonds. The van der Waals surface area contributed by atoms with Gasteiger partial charge in [0.15, 0.2) is 11.5 Å². The van der Waals surface area contributed by atoms with Crippen LogP contribution in [0.5, 0.6) is 11.5 Å². The molecule has 0 aromatic heterocycles. The number of methoxy groups -OCH3 is 2. The van der Waals surface area contributed by atoms with Crippen LogP contribution < -0.4 is 15.2 Å². The van der Waals surface area contributed by atoms with Crippen LogP contribution in [0.15, 0.2) is 12.1 Å². The van der Waals surface area contributed by atoms with E-state index in [1.165, 1.54) is 0 Å². The molecule has 0 spiro atoms. The summed E-state index contributed by atoms with van der Waals surface area (Å²) in [5, 5.41) is 0. The largest absolute Gasteiger partial charge is 0.493 e. The molecule has 1 aromatic carbocycles. The lowest BCUT2D eigenvalue weighted by Crippen LogP contribution is -2.51. The van der Waals surface area contributed by atoms with Crippen molar-refractivity contribution in [3.63, 3.8) is 0 Å². The van der Waals surface area contributed by atoms with Crippen molar-refractivity contribution in [2.75, 3.05) is 27.2 Å². The van der Waals surface area contributed by atoms with Crippen molar-refractivity contribution in [1.29, 1.82) is 0 Å². The third-order valence-corrected chi connectivity index (χ3v) is 5.54. The number of nitrogens with two attached hydrogens (primary N) is 1. The van der Waals surface area contributed by atoms with E-state index < -0.39 is 79.1 Å². The van der Waals surface area contributed by atoms with Crippen molar-refractivity contribution in [3.8, 4) is 11.5 Å². The Hall–Kier alpha value is -1.79. The van der Waals surface area contributed by atoms with Crippen molar-refractivity contribution in [2.45, 2.75) is 65.1 Å². The minimum atomic E-state index is -3.09. The van der Waals surface area contributed by atoms with E-state index in [1.54, 1.807) is 13.8 Å². The summed E-state index contributed by atoms with van der Waals surface area (Å²) in [6, 6.07) is -4.58. The molecule has 0 aliphatic carbocycles. The molecule has 6 nitrogen and oxygen atoms in total. The highest BCUT2D eigenvalue weighted by molar-refractivity contribution is 5.76. The van der Waals surface area contributed by atoms with Crippen LogP contribution in [0.3, 0.4) is 0 Å². The lowest BCUT2D eigenvalue weighted by molar-refractivity contribution is -0.160. The van der Waals surface area contributed by atoms with E-state index >= 15 is 0 Å². The van der Waals surface area contributed by atoms with E-state index in [-0.39, 0.29) is 30.4 Å². The molecule has 4 atom stereocenters. The van der Waals surface area contributed by atoms with Gasteiger partial charge in [0.05, 0.1) is 22.4 Å².